The van der Waals surface area contributed by atoms with Gasteiger partial charge >= 0.3 is 10.1 Å². The first-order valence-electron chi connectivity index (χ1n) is 11.6. The van der Waals surface area contributed by atoms with E-state index in [2.05, 4.69) is 15.2 Å². The number of hydrogen-bond acceptors (Lipinski definition) is 9. The Morgan fingerprint density at radius 3 is 2.37 bits per heavy atom. The second-order valence-corrected chi connectivity index (χ2v) is 9.87. The minimum atomic E-state index is -3.66. The van der Waals surface area contributed by atoms with Crippen molar-refractivity contribution in [1.82, 2.24) is 10.3 Å². The van der Waals surface area contributed by atoms with Gasteiger partial charge in [-0.2, -0.15) is 17.8 Å². The van der Waals surface area contributed by atoms with Crippen molar-refractivity contribution in [3.8, 4) is 17.2 Å². The number of benzene rings is 2. The van der Waals surface area contributed by atoms with Crippen LogP contribution in [0.3, 0.4) is 0 Å². The maximum atomic E-state index is 14.8. The number of halogens is 1. The standard InChI is InChI=1S/C24H30FN3O6S/c1-4-31-21-12-16(13-22(23(21)25)32-5-2)15-28(17-8-10-26-11-9-17)24-27-19-14-18(34-35(3,29)30)6-7-20(19)33-24/h6-7,12-14,17,26H,4-5,8-11,15H2,1-3H3. The van der Waals surface area contributed by atoms with E-state index in [9.17, 15) is 12.8 Å². The molecule has 0 amide bonds. The van der Waals surface area contributed by atoms with E-state index in [1.165, 1.54) is 12.1 Å². The Hall–Kier alpha value is -3.05. The molecule has 1 N–H and O–H groups in total. The minimum absolute atomic E-state index is 0.132. The van der Waals surface area contributed by atoms with Gasteiger partial charge in [-0.3, -0.25) is 0 Å². The molecule has 1 aliphatic heterocycles. The van der Waals surface area contributed by atoms with Crippen LogP contribution < -0.4 is 23.9 Å². The van der Waals surface area contributed by atoms with Gasteiger partial charge in [0.05, 0.1) is 19.5 Å². The number of anilines is 1. The quantitative estimate of drug-likeness (QED) is 0.410. The summed E-state index contributed by atoms with van der Waals surface area (Å²) in [6, 6.07) is 8.56. The molecule has 190 valence electrons. The maximum absolute atomic E-state index is 14.8. The summed E-state index contributed by atoms with van der Waals surface area (Å²) in [5.41, 5.74) is 1.77. The lowest BCUT2D eigenvalue weighted by molar-refractivity contribution is 0.291. The van der Waals surface area contributed by atoms with Crippen molar-refractivity contribution in [2.45, 2.75) is 39.3 Å². The summed E-state index contributed by atoms with van der Waals surface area (Å²) in [5, 5.41) is 3.36. The molecule has 0 radical (unpaired) electrons. The van der Waals surface area contributed by atoms with Crippen LogP contribution in [-0.2, 0) is 16.7 Å². The van der Waals surface area contributed by atoms with Crippen molar-refractivity contribution in [3.05, 3.63) is 41.7 Å². The molecule has 0 spiro atoms. The maximum Gasteiger partial charge on any atom is 0.306 e. The second kappa shape index (κ2) is 10.7. The van der Waals surface area contributed by atoms with Gasteiger partial charge in [0.25, 0.3) is 6.01 Å². The van der Waals surface area contributed by atoms with Gasteiger partial charge in [0.15, 0.2) is 17.1 Å². The average molecular weight is 508 g/mol. The molecule has 11 heteroatoms. The van der Waals surface area contributed by atoms with Crippen LogP contribution in [0.4, 0.5) is 10.4 Å². The highest BCUT2D eigenvalue weighted by atomic mass is 32.2. The molecule has 1 fully saturated rings. The van der Waals surface area contributed by atoms with Gasteiger partial charge in [-0.1, -0.05) is 0 Å². The number of piperidine rings is 1. The van der Waals surface area contributed by atoms with Crippen LogP contribution in [0.1, 0.15) is 32.3 Å². The topological polar surface area (TPSA) is 103 Å². The van der Waals surface area contributed by atoms with Crippen LogP contribution >= 0.6 is 0 Å². The van der Waals surface area contributed by atoms with Gasteiger partial charge < -0.3 is 28.3 Å². The number of ether oxygens (including phenoxy) is 2. The summed E-state index contributed by atoms with van der Waals surface area (Å²) in [5.74, 6) is -0.0849. The third-order valence-corrected chi connectivity index (χ3v) is 6.10. The zero-order valence-corrected chi connectivity index (χ0v) is 20.9. The first kappa shape index (κ1) is 25.1. The second-order valence-electron chi connectivity index (χ2n) is 8.29. The van der Waals surface area contributed by atoms with Gasteiger partial charge in [-0.15, -0.1) is 0 Å². The Morgan fingerprint density at radius 1 is 1.11 bits per heavy atom. The lowest BCUT2D eigenvalue weighted by Crippen LogP contribution is -2.43. The largest absolute Gasteiger partial charge is 0.491 e. The van der Waals surface area contributed by atoms with E-state index in [1.54, 1.807) is 32.0 Å². The fourth-order valence-electron chi connectivity index (χ4n) is 4.15. The van der Waals surface area contributed by atoms with Gasteiger partial charge in [-0.05, 0) is 69.6 Å². The van der Waals surface area contributed by atoms with Crippen LogP contribution in [0.25, 0.3) is 11.1 Å². The third-order valence-electron chi connectivity index (χ3n) is 5.61. The van der Waals surface area contributed by atoms with E-state index < -0.39 is 15.9 Å². The Labute approximate surface area is 204 Å². The molecule has 2 aromatic carbocycles. The van der Waals surface area contributed by atoms with Crippen LogP contribution in [0.15, 0.2) is 34.7 Å². The molecular weight excluding hydrogens is 477 g/mol. The number of oxazole rings is 1. The molecule has 35 heavy (non-hydrogen) atoms. The van der Waals surface area contributed by atoms with Crippen LogP contribution in [0.2, 0.25) is 0 Å². The van der Waals surface area contributed by atoms with E-state index >= 15 is 0 Å². The van der Waals surface area contributed by atoms with Crippen molar-refractivity contribution in [1.29, 1.82) is 0 Å². The summed E-state index contributed by atoms with van der Waals surface area (Å²) in [4.78, 5) is 6.69. The van der Waals surface area contributed by atoms with Crippen molar-refractivity contribution in [3.63, 3.8) is 0 Å². The normalized spacial score (nSPS) is 14.7. The van der Waals surface area contributed by atoms with Gasteiger partial charge in [0.2, 0.25) is 5.82 Å². The molecule has 2 heterocycles. The Morgan fingerprint density at radius 2 is 1.77 bits per heavy atom. The first-order valence-corrected chi connectivity index (χ1v) is 13.4. The van der Waals surface area contributed by atoms with E-state index in [-0.39, 0.29) is 23.3 Å². The molecule has 0 aliphatic carbocycles. The molecule has 0 atom stereocenters. The predicted molar refractivity (Wildman–Crippen MR) is 130 cm³/mol. The summed E-state index contributed by atoms with van der Waals surface area (Å²) in [6.45, 7) is 6.35. The van der Waals surface area contributed by atoms with Crippen LogP contribution in [-0.4, -0.2) is 52.0 Å². The fourth-order valence-corrected chi connectivity index (χ4v) is 4.60. The molecular formula is C24H30FN3O6S. The highest BCUT2D eigenvalue weighted by molar-refractivity contribution is 7.86. The van der Waals surface area contributed by atoms with Gasteiger partial charge in [0.1, 0.15) is 11.3 Å². The monoisotopic (exact) mass is 507 g/mol. The lowest BCUT2D eigenvalue weighted by atomic mass is 10.0. The molecule has 1 aromatic heterocycles. The number of nitrogens with zero attached hydrogens (tertiary/aromatic N) is 2. The van der Waals surface area contributed by atoms with Crippen molar-refractivity contribution in [2.24, 2.45) is 0 Å². The van der Waals surface area contributed by atoms with E-state index in [0.29, 0.717) is 36.9 Å². The summed E-state index contributed by atoms with van der Waals surface area (Å²) in [7, 11) is -3.66. The number of aromatic nitrogens is 1. The first-order chi connectivity index (χ1) is 16.8. The summed E-state index contributed by atoms with van der Waals surface area (Å²) >= 11 is 0. The highest BCUT2D eigenvalue weighted by Crippen LogP contribution is 2.33. The predicted octanol–water partition coefficient (Wildman–Crippen LogP) is 3.86. The number of fused-ring (bicyclic) bond motifs is 1. The zero-order valence-electron chi connectivity index (χ0n) is 20.0. The molecule has 1 aliphatic rings. The Bertz CT molecular complexity index is 1250. The SMILES string of the molecule is CCOc1cc(CN(c2nc3cc(OS(C)(=O)=O)ccc3o2)C2CCNCC2)cc(OCC)c1F. The van der Waals surface area contributed by atoms with Crippen LogP contribution in [0, 0.1) is 5.82 Å². The number of rotatable bonds is 10. The molecule has 0 unspecified atom stereocenters. The third kappa shape index (κ3) is 6.15. The number of nitrogens with one attached hydrogen (secondary N) is 1. The zero-order chi connectivity index (χ0) is 25.0. The summed E-state index contributed by atoms with van der Waals surface area (Å²) in [6.07, 6.45) is 2.73. The smallest absolute Gasteiger partial charge is 0.306 e. The van der Waals surface area contributed by atoms with E-state index in [4.69, 9.17) is 18.1 Å². The van der Waals surface area contributed by atoms with Crippen molar-refractivity contribution < 1.29 is 30.9 Å². The molecule has 0 bridgehead atoms. The fraction of sp³-hybridized carbons (Fsp3) is 0.458. The summed E-state index contributed by atoms with van der Waals surface area (Å²) < 4.78 is 59.9. The highest BCUT2D eigenvalue weighted by Gasteiger charge is 2.27. The average Bonchev–Trinajstić information content (AvgIpc) is 3.23. The van der Waals surface area contributed by atoms with E-state index in [1.807, 2.05) is 0 Å². The van der Waals surface area contributed by atoms with Crippen molar-refractivity contribution >= 4 is 27.2 Å². The Kier molecular flexibility index (Phi) is 7.66. The van der Waals surface area contributed by atoms with Gasteiger partial charge in [0, 0.05) is 18.7 Å². The van der Waals surface area contributed by atoms with Crippen LogP contribution in [0.5, 0.6) is 17.2 Å². The lowest BCUT2D eigenvalue weighted by Gasteiger charge is -2.33. The molecule has 0 saturated carbocycles. The molecule has 1 saturated heterocycles. The van der Waals surface area contributed by atoms with Gasteiger partial charge in [-0.25, -0.2) is 0 Å². The molecule has 3 aromatic rings. The van der Waals surface area contributed by atoms with Crippen molar-refractivity contribution in [2.75, 3.05) is 37.5 Å². The minimum Gasteiger partial charge on any atom is -0.491 e. The van der Waals surface area contributed by atoms with E-state index in [0.717, 1.165) is 37.8 Å². The number of hydrogen-bond donors (Lipinski definition) is 1. The Balaban J connectivity index is 1.71. The molecule has 4 rings (SSSR count). The molecule has 9 nitrogen and oxygen atoms in total.